The fourth-order valence-electron chi connectivity index (χ4n) is 12.9. The summed E-state index contributed by atoms with van der Waals surface area (Å²) in [5, 5.41) is 40.8. The number of pyridine rings is 2. The predicted octanol–water partition coefficient (Wildman–Crippen LogP) is 7.34. The van der Waals surface area contributed by atoms with Crippen LogP contribution in [0.1, 0.15) is 99.5 Å². The number of esters is 1. The lowest BCUT2D eigenvalue weighted by atomic mass is 9.52. The van der Waals surface area contributed by atoms with E-state index in [4.69, 9.17) is 34.7 Å². The maximum Gasteiger partial charge on any atom is 0.302 e. The van der Waals surface area contributed by atoms with Crippen molar-refractivity contribution in [2.24, 2.45) is 27.7 Å². The SMILES string of the molecule is CC(=O)OC1CC(CCc2ccc(O)c(OC3CCC4CCC5CC6C7=CC=NC7=CN6C6NC(=NCCCc7ccnc(N)c7)NC4(C3)C56)c2)OC(c2cc(O)c(O)c(OCCc3cccnc3)c2)C1. The largest absolute Gasteiger partial charge is 0.504 e. The second-order valence-electron chi connectivity index (χ2n) is 20.5. The lowest BCUT2D eigenvalue weighted by Gasteiger charge is -2.65. The first kappa shape index (κ1) is 46.6. The van der Waals surface area contributed by atoms with Crippen molar-refractivity contribution in [1.29, 1.82) is 0 Å². The van der Waals surface area contributed by atoms with E-state index in [1.165, 1.54) is 25.0 Å². The van der Waals surface area contributed by atoms with E-state index in [2.05, 4.69) is 37.8 Å². The number of nitrogen functional groups attached to an aromatic ring is 1. The Balaban J connectivity index is 0.788. The lowest BCUT2D eigenvalue weighted by molar-refractivity contribution is -0.160. The Morgan fingerprint density at radius 1 is 0.944 bits per heavy atom. The van der Waals surface area contributed by atoms with Crippen molar-refractivity contribution in [3.8, 4) is 28.7 Å². The average molecular weight is 965 g/mol. The van der Waals surface area contributed by atoms with Gasteiger partial charge in [0, 0.05) is 81.6 Å². The fourth-order valence-corrected chi connectivity index (χ4v) is 12.9. The molecule has 3 saturated heterocycles. The third-order valence-electron chi connectivity index (χ3n) is 16.0. The summed E-state index contributed by atoms with van der Waals surface area (Å²) in [4.78, 5) is 33.0. The molecule has 7 N–H and O–H groups in total. The molecule has 71 heavy (non-hydrogen) atoms. The van der Waals surface area contributed by atoms with Gasteiger partial charge in [-0.1, -0.05) is 12.1 Å². The number of anilines is 1. The minimum absolute atomic E-state index is 0.0475. The van der Waals surface area contributed by atoms with Crippen LogP contribution in [0.3, 0.4) is 0 Å². The molecule has 4 aromatic rings. The Bertz CT molecular complexity index is 2750. The topological polar surface area (TPSA) is 218 Å². The maximum absolute atomic E-state index is 12.2. The Kier molecular flexibility index (Phi) is 13.0. The van der Waals surface area contributed by atoms with E-state index in [0.717, 1.165) is 73.3 Å². The molecule has 16 heteroatoms. The molecule has 7 heterocycles. The molecule has 2 aromatic carbocycles. The first-order chi connectivity index (χ1) is 34.5. The van der Waals surface area contributed by atoms with Crippen molar-refractivity contribution in [1.82, 2.24) is 25.5 Å². The third kappa shape index (κ3) is 9.70. The van der Waals surface area contributed by atoms with Crippen molar-refractivity contribution < 1.29 is 39.1 Å². The van der Waals surface area contributed by atoms with Gasteiger partial charge in [-0.25, -0.2) is 4.98 Å². The van der Waals surface area contributed by atoms with E-state index in [1.54, 1.807) is 30.7 Å². The number of benzene rings is 2. The zero-order valence-electron chi connectivity index (χ0n) is 40.2. The number of aryl methyl sites for hydroxylation is 2. The van der Waals surface area contributed by atoms with Crippen LogP contribution < -0.4 is 25.8 Å². The van der Waals surface area contributed by atoms with Crippen LogP contribution >= 0.6 is 0 Å². The molecule has 0 radical (unpaired) electrons. The summed E-state index contributed by atoms with van der Waals surface area (Å²) in [6.45, 7) is 2.32. The smallest absolute Gasteiger partial charge is 0.302 e. The van der Waals surface area contributed by atoms with Crippen LogP contribution in [0.4, 0.5) is 5.82 Å². The standard InChI is InChI=1S/C55H64N8O8/c1-32(64)69-41-27-39(70-47(28-41)37-25-46(66)52(67)49(26-37)68-21-16-35-5-2-17-57-30-35)11-6-34-7-13-45(65)48(22-34)71-40-12-10-38-9-8-36-24-44-42-15-20-58-43(42)31-63(44)53-51(36)55(38,29-40)62-54(61-53)60-18-3-4-33-14-19-59-50(56)23-33/h2,5,7,13-15,17,19-20,22-23,25-26,30-31,36,38-41,44,47,51,53,65-67H,3-4,6,8-12,16,18,21,24,27-29H2,1H3,(H2,56,59)(H2,60,61,62). The van der Waals surface area contributed by atoms with Gasteiger partial charge in [0.05, 0.1) is 36.1 Å². The Hall–Kier alpha value is -6.81. The van der Waals surface area contributed by atoms with Gasteiger partial charge in [-0.2, -0.15) is 0 Å². The number of piperidine rings is 1. The molecule has 10 atom stereocenters. The van der Waals surface area contributed by atoms with Gasteiger partial charge < -0.3 is 55.5 Å². The number of phenolic OH excluding ortho intramolecular Hbond substituents is 3. The highest BCUT2D eigenvalue weighted by molar-refractivity contribution is 5.83. The number of aromatic hydroxyl groups is 3. The fraction of sp³-hybridized carbons (Fsp3) is 0.473. The molecule has 2 aromatic heterocycles. The van der Waals surface area contributed by atoms with Crippen LogP contribution in [0.5, 0.6) is 28.7 Å². The van der Waals surface area contributed by atoms with E-state index < -0.39 is 12.2 Å². The zero-order valence-corrected chi connectivity index (χ0v) is 40.2. The highest BCUT2D eigenvalue weighted by Crippen LogP contribution is 2.58. The molecule has 5 aliphatic heterocycles. The summed E-state index contributed by atoms with van der Waals surface area (Å²) in [6.07, 6.45) is 20.7. The molecule has 1 spiro atoms. The summed E-state index contributed by atoms with van der Waals surface area (Å²) in [5.41, 5.74) is 11.8. The van der Waals surface area contributed by atoms with Gasteiger partial charge in [0.15, 0.2) is 29.0 Å². The second kappa shape index (κ2) is 19.8. The van der Waals surface area contributed by atoms with Crippen LogP contribution in [-0.2, 0) is 33.5 Å². The molecule has 7 aliphatic rings. The number of aromatic nitrogens is 2. The van der Waals surface area contributed by atoms with Gasteiger partial charge in [0.2, 0.25) is 5.75 Å². The van der Waals surface area contributed by atoms with Crippen LogP contribution in [-0.4, -0.2) is 97.5 Å². The van der Waals surface area contributed by atoms with Gasteiger partial charge >= 0.3 is 5.97 Å². The monoisotopic (exact) mass is 964 g/mol. The number of allylic oxidation sites excluding steroid dienone is 1. The van der Waals surface area contributed by atoms with E-state index >= 15 is 0 Å². The molecule has 11 rings (SSSR count). The quantitative estimate of drug-likeness (QED) is 0.0390. The van der Waals surface area contributed by atoms with Crippen molar-refractivity contribution in [2.45, 2.75) is 133 Å². The number of carbonyl (C=O) groups excluding carboxylic acids is 1. The first-order valence-electron chi connectivity index (χ1n) is 25.5. The molecular weight excluding hydrogens is 901 g/mol. The van der Waals surface area contributed by atoms with Crippen molar-refractivity contribution >= 4 is 24.0 Å². The predicted molar refractivity (Wildman–Crippen MR) is 267 cm³/mol. The molecule has 0 amide bonds. The van der Waals surface area contributed by atoms with Crippen LogP contribution in [0.15, 0.2) is 107 Å². The highest BCUT2D eigenvalue weighted by Gasteiger charge is 2.63. The van der Waals surface area contributed by atoms with Gasteiger partial charge in [-0.05, 0) is 140 Å². The third-order valence-corrected chi connectivity index (χ3v) is 16.0. The Morgan fingerprint density at radius 2 is 1.83 bits per heavy atom. The van der Waals surface area contributed by atoms with Crippen LogP contribution in [0.25, 0.3) is 0 Å². The number of rotatable bonds is 15. The number of nitrogens with zero attached hydrogens (tertiary/aromatic N) is 5. The number of guanidine groups is 1. The summed E-state index contributed by atoms with van der Waals surface area (Å²) in [7, 11) is 0. The van der Waals surface area contributed by atoms with Crippen molar-refractivity contribution in [3.63, 3.8) is 0 Å². The van der Waals surface area contributed by atoms with Crippen LogP contribution in [0.2, 0.25) is 0 Å². The number of carbonyl (C=O) groups is 1. The molecule has 16 nitrogen and oxygen atoms in total. The van der Waals surface area contributed by atoms with Gasteiger partial charge in [-0.3, -0.25) is 19.8 Å². The number of fused-ring (bicyclic) bond motifs is 4. The molecule has 2 aliphatic carbocycles. The lowest BCUT2D eigenvalue weighted by Crippen LogP contribution is -2.79. The minimum Gasteiger partial charge on any atom is -0.504 e. The zero-order chi connectivity index (χ0) is 48.6. The Morgan fingerprint density at radius 3 is 2.69 bits per heavy atom. The number of nitrogens with two attached hydrogens (primary N) is 1. The number of nitrogens with one attached hydrogen (secondary N) is 2. The average Bonchev–Trinajstić information content (AvgIpc) is 3.97. The molecule has 0 bridgehead atoms. The van der Waals surface area contributed by atoms with Crippen molar-refractivity contribution in [3.05, 3.63) is 119 Å². The van der Waals surface area contributed by atoms with Crippen LogP contribution in [0, 0.1) is 17.8 Å². The molecule has 372 valence electrons. The molecule has 10 unspecified atom stereocenters. The highest BCUT2D eigenvalue weighted by atomic mass is 16.6. The molecule has 5 fully saturated rings. The number of ether oxygens (including phenoxy) is 4. The van der Waals surface area contributed by atoms with E-state index in [9.17, 15) is 20.1 Å². The van der Waals surface area contributed by atoms with E-state index in [0.29, 0.717) is 73.5 Å². The number of hydrogen-bond acceptors (Lipinski definition) is 14. The number of aliphatic imine (C=N–C) groups is 2. The number of phenols is 3. The van der Waals surface area contributed by atoms with E-state index in [1.807, 2.05) is 42.6 Å². The van der Waals surface area contributed by atoms with Crippen molar-refractivity contribution in [2.75, 3.05) is 18.9 Å². The normalized spacial score (nSPS) is 29.6. The molecular formula is C55H64N8O8. The summed E-state index contributed by atoms with van der Waals surface area (Å²) in [5.74, 6) is 2.27. The first-order valence-corrected chi connectivity index (χ1v) is 25.5. The number of hydrogen-bond donors (Lipinski definition) is 6. The summed E-state index contributed by atoms with van der Waals surface area (Å²) >= 11 is 0. The molecule has 2 saturated carbocycles. The minimum atomic E-state index is -0.541. The van der Waals surface area contributed by atoms with Gasteiger partial charge in [0.1, 0.15) is 24.2 Å². The van der Waals surface area contributed by atoms with Gasteiger partial charge in [0.25, 0.3) is 0 Å². The second-order valence-corrected chi connectivity index (χ2v) is 20.5. The Labute approximate surface area is 414 Å². The van der Waals surface area contributed by atoms with Gasteiger partial charge in [-0.15, -0.1) is 0 Å². The summed E-state index contributed by atoms with van der Waals surface area (Å²) in [6, 6.07) is 16.8. The summed E-state index contributed by atoms with van der Waals surface area (Å²) < 4.78 is 25.3. The van der Waals surface area contributed by atoms with E-state index in [-0.39, 0.29) is 65.5 Å². The maximum atomic E-state index is 12.2.